The second-order valence-electron chi connectivity index (χ2n) is 18.3. The van der Waals surface area contributed by atoms with E-state index in [0.29, 0.717) is 33.8 Å². The number of hydrogen-bond donors (Lipinski definition) is 6. The van der Waals surface area contributed by atoms with E-state index in [-0.39, 0.29) is 47.1 Å². The lowest BCUT2D eigenvalue weighted by molar-refractivity contribution is 0.0159. The number of ether oxygens (including phenoxy) is 4. The Hall–Kier alpha value is -6.78. The Balaban J connectivity index is 0.000000178. The normalized spacial score (nSPS) is 17.1. The lowest BCUT2D eigenvalue weighted by Gasteiger charge is -2.26. The second-order valence-corrected chi connectivity index (χ2v) is 20.4. The quantitative estimate of drug-likeness (QED) is 0.0506. The average Bonchev–Trinajstić information content (AvgIpc) is 4.25. The number of carbonyl (C=O) groups is 2. The van der Waals surface area contributed by atoms with E-state index in [1.807, 2.05) is 54.6 Å². The molecule has 0 radical (unpaired) electrons. The van der Waals surface area contributed by atoms with Crippen LogP contribution in [-0.4, -0.2) is 96.8 Å². The number of rotatable bonds is 16. The monoisotopic (exact) mass is 1010 g/mol. The van der Waals surface area contributed by atoms with Crippen LogP contribution in [0, 0.1) is 11.8 Å². The number of carbonyl (C=O) groups excluding carboxylic acids is 2. The van der Waals surface area contributed by atoms with Gasteiger partial charge in [-0.15, -0.1) is 22.7 Å². The molecule has 6 atom stereocenters. The van der Waals surface area contributed by atoms with Gasteiger partial charge in [-0.25, -0.2) is 0 Å². The third-order valence-electron chi connectivity index (χ3n) is 13.4. The highest BCUT2D eigenvalue weighted by Gasteiger charge is 2.32. The number of phenolic OH excluding ortho intramolecular Hbond substituents is 2. The molecule has 2 saturated heterocycles. The molecule has 6 aromatic carbocycles. The zero-order valence-electron chi connectivity index (χ0n) is 40.5. The number of thiophene rings is 2. The molecule has 2 fully saturated rings. The molecule has 14 heteroatoms. The summed E-state index contributed by atoms with van der Waals surface area (Å²) in [6.45, 7) is 6.99. The molecule has 0 saturated carbocycles. The molecule has 72 heavy (non-hydrogen) atoms. The van der Waals surface area contributed by atoms with Gasteiger partial charge in [0.05, 0.1) is 26.4 Å². The number of hydrogen-bond acceptors (Lipinski definition) is 14. The fraction of sp³-hybridized carbons (Fsp3) is 0.276. The van der Waals surface area contributed by atoms with Gasteiger partial charge in [0.1, 0.15) is 46.7 Å². The van der Waals surface area contributed by atoms with Crippen LogP contribution in [0.5, 0.6) is 34.5 Å². The summed E-state index contributed by atoms with van der Waals surface area (Å²) < 4.78 is 24.8. The average molecular weight is 1010 g/mol. The highest BCUT2D eigenvalue weighted by molar-refractivity contribution is 7.23. The number of fused-ring (bicyclic) bond motifs is 2. The number of aromatic hydroxyl groups is 2. The highest BCUT2D eigenvalue weighted by atomic mass is 32.1. The largest absolute Gasteiger partial charge is 0.508 e. The maximum absolute atomic E-state index is 13.9. The highest BCUT2D eigenvalue weighted by Crippen LogP contribution is 2.43. The summed E-state index contributed by atoms with van der Waals surface area (Å²) in [5.74, 6) is 3.36. The molecule has 4 heterocycles. The summed E-state index contributed by atoms with van der Waals surface area (Å²) >= 11 is 3.00. The molecule has 372 valence electrons. The Morgan fingerprint density at radius 2 is 0.931 bits per heavy atom. The number of phenols is 2. The SMILES string of the molecule is CC(O)C(Oc1ccc(C(=O)c2c(-c3ccc(O)cc3)sc3cc(O)ccc23)cc1)C1CCNC1.COc1ccc(-c2sc3cc(OC)ccc3c2C(=O)c2ccc(OC(C(C)O)C3CCNC3)cc2)cc1. The minimum Gasteiger partial charge on any atom is -0.508 e. The first-order valence-corrected chi connectivity index (χ1v) is 25.7. The van der Waals surface area contributed by atoms with E-state index < -0.39 is 12.2 Å². The number of methoxy groups -OCH3 is 2. The predicted molar refractivity (Wildman–Crippen MR) is 285 cm³/mol. The number of benzene rings is 6. The van der Waals surface area contributed by atoms with Crippen LogP contribution in [0.25, 0.3) is 41.1 Å². The van der Waals surface area contributed by atoms with Crippen molar-refractivity contribution in [2.24, 2.45) is 11.8 Å². The molecule has 10 rings (SSSR count). The van der Waals surface area contributed by atoms with E-state index in [2.05, 4.69) is 10.6 Å². The van der Waals surface area contributed by atoms with Gasteiger partial charge in [0.25, 0.3) is 0 Å². The first-order chi connectivity index (χ1) is 34.9. The van der Waals surface area contributed by atoms with Crippen molar-refractivity contribution in [1.82, 2.24) is 10.6 Å². The van der Waals surface area contributed by atoms with Gasteiger partial charge < -0.3 is 50.0 Å². The topological polar surface area (TPSA) is 176 Å². The van der Waals surface area contributed by atoms with Crippen molar-refractivity contribution >= 4 is 54.4 Å². The van der Waals surface area contributed by atoms with Crippen molar-refractivity contribution in [2.45, 2.75) is 51.1 Å². The molecule has 0 amide bonds. The zero-order valence-corrected chi connectivity index (χ0v) is 42.1. The third-order valence-corrected chi connectivity index (χ3v) is 15.8. The van der Waals surface area contributed by atoms with Crippen molar-refractivity contribution in [3.63, 3.8) is 0 Å². The van der Waals surface area contributed by atoms with Crippen LogP contribution in [0.3, 0.4) is 0 Å². The molecule has 2 aliphatic rings. The molecule has 0 aliphatic carbocycles. The van der Waals surface area contributed by atoms with Crippen molar-refractivity contribution in [2.75, 3.05) is 40.4 Å². The summed E-state index contributed by atoms with van der Waals surface area (Å²) in [6, 6.07) is 39.6. The van der Waals surface area contributed by atoms with Crippen LogP contribution in [0.2, 0.25) is 0 Å². The predicted octanol–water partition coefficient (Wildman–Crippen LogP) is 10.5. The van der Waals surface area contributed by atoms with Crippen molar-refractivity contribution in [3.8, 4) is 55.4 Å². The molecule has 6 unspecified atom stereocenters. The number of aliphatic hydroxyl groups is 2. The van der Waals surface area contributed by atoms with E-state index >= 15 is 0 Å². The van der Waals surface area contributed by atoms with E-state index in [4.69, 9.17) is 18.9 Å². The van der Waals surface area contributed by atoms with Crippen molar-refractivity contribution in [3.05, 3.63) is 156 Å². The summed E-state index contributed by atoms with van der Waals surface area (Å²) in [6.07, 6.45) is 0.105. The summed E-state index contributed by atoms with van der Waals surface area (Å²) in [5.41, 5.74) is 4.09. The molecule has 6 N–H and O–H groups in total. The van der Waals surface area contributed by atoms with Gasteiger partial charge in [-0.05, 0) is 184 Å². The fourth-order valence-electron chi connectivity index (χ4n) is 9.57. The van der Waals surface area contributed by atoms with Gasteiger partial charge in [0, 0.05) is 77.1 Å². The van der Waals surface area contributed by atoms with Crippen LogP contribution in [0.15, 0.2) is 133 Å². The summed E-state index contributed by atoms with van der Waals surface area (Å²) in [5, 5.41) is 48.5. The van der Waals surface area contributed by atoms with Gasteiger partial charge >= 0.3 is 0 Å². The standard InChI is InChI=1S/C30H31NO5S.C28H27NO5S/c1-18(32)29(21-14-15-31-17-21)36-23-10-4-19(5-11-23)28(33)27-25-13-12-24(35-3)16-26(25)37-30(27)20-6-8-22(34-2)9-7-20;1-16(30)27(19-12-13-29-15-19)34-22-9-4-17(5-10-22)26(33)25-23-11-8-21(32)14-24(23)35-28(25)18-2-6-20(31)7-3-18/h4-13,16,18,21,29,31-32H,14-15,17H2,1-3H3;2-11,14,16,19,27,29-32H,12-13,15H2,1H3. The van der Waals surface area contributed by atoms with Gasteiger partial charge in [0.2, 0.25) is 0 Å². The van der Waals surface area contributed by atoms with Crippen molar-refractivity contribution in [1.29, 1.82) is 0 Å². The first-order valence-electron chi connectivity index (χ1n) is 24.1. The maximum Gasteiger partial charge on any atom is 0.195 e. The molecule has 8 aromatic rings. The Kier molecular flexibility index (Phi) is 15.6. The van der Waals surface area contributed by atoms with Crippen LogP contribution >= 0.6 is 22.7 Å². The zero-order chi connectivity index (χ0) is 50.5. The number of nitrogens with one attached hydrogen (secondary N) is 2. The van der Waals surface area contributed by atoms with E-state index in [1.54, 1.807) is 118 Å². The fourth-order valence-corrected chi connectivity index (χ4v) is 12.0. The maximum atomic E-state index is 13.9. The van der Waals surface area contributed by atoms with E-state index in [9.17, 15) is 30.0 Å². The minimum absolute atomic E-state index is 0.0548. The van der Waals surface area contributed by atoms with Crippen LogP contribution in [-0.2, 0) is 0 Å². The number of aliphatic hydroxyl groups excluding tert-OH is 2. The Morgan fingerprint density at radius 3 is 1.36 bits per heavy atom. The lowest BCUT2D eigenvalue weighted by Crippen LogP contribution is -2.38. The molecule has 2 aliphatic heterocycles. The van der Waals surface area contributed by atoms with Gasteiger partial charge in [-0.2, -0.15) is 0 Å². The first kappa shape index (κ1) is 50.2. The minimum atomic E-state index is -0.609. The molecular formula is C58H58N2O10S2. The van der Waals surface area contributed by atoms with Crippen molar-refractivity contribution < 1.29 is 49.0 Å². The van der Waals surface area contributed by atoms with Crippen LogP contribution in [0.4, 0.5) is 0 Å². The Morgan fingerprint density at radius 1 is 0.528 bits per heavy atom. The van der Waals surface area contributed by atoms with E-state index in [0.717, 1.165) is 91.6 Å². The summed E-state index contributed by atoms with van der Waals surface area (Å²) in [4.78, 5) is 29.3. The Labute approximate surface area is 426 Å². The third kappa shape index (κ3) is 11.0. The van der Waals surface area contributed by atoms with Gasteiger partial charge in [0.15, 0.2) is 11.6 Å². The van der Waals surface area contributed by atoms with E-state index in [1.165, 1.54) is 11.3 Å². The number of ketones is 2. The lowest BCUT2D eigenvalue weighted by atomic mass is 9.96. The summed E-state index contributed by atoms with van der Waals surface area (Å²) in [7, 11) is 3.28. The second kappa shape index (κ2) is 22.3. The smallest absolute Gasteiger partial charge is 0.195 e. The van der Waals surface area contributed by atoms with Gasteiger partial charge in [-0.3, -0.25) is 9.59 Å². The molecule has 12 nitrogen and oxygen atoms in total. The van der Waals surface area contributed by atoms with Crippen LogP contribution in [0.1, 0.15) is 58.5 Å². The van der Waals surface area contributed by atoms with Gasteiger partial charge in [-0.1, -0.05) is 0 Å². The van der Waals surface area contributed by atoms with Crippen LogP contribution < -0.4 is 29.6 Å². The Bertz CT molecular complexity index is 3140. The molecule has 0 spiro atoms. The molecule has 2 aromatic heterocycles. The molecule has 0 bridgehead atoms. The molecular weight excluding hydrogens is 949 g/mol.